The van der Waals surface area contributed by atoms with Gasteiger partial charge < -0.3 is 20.3 Å². The maximum atomic E-state index is 15.3. The summed E-state index contributed by atoms with van der Waals surface area (Å²) in [6, 6.07) is 5.65. The highest BCUT2D eigenvalue weighted by Gasteiger charge is 2.26. The van der Waals surface area contributed by atoms with Crippen LogP contribution in [-0.4, -0.2) is 60.1 Å². The van der Waals surface area contributed by atoms with Crippen molar-refractivity contribution in [2.24, 2.45) is 0 Å². The zero-order chi connectivity index (χ0) is 31.2. The zero-order valence-corrected chi connectivity index (χ0v) is 24.0. The lowest BCUT2D eigenvalue weighted by Gasteiger charge is -2.27. The Bertz CT molecular complexity index is 1750. The first kappa shape index (κ1) is 31.8. The molecular formula is C28H30FN5O7S. The monoisotopic (exact) mass is 599 g/mol. The maximum absolute atomic E-state index is 15.3. The van der Waals surface area contributed by atoms with Crippen molar-refractivity contribution < 1.29 is 32.3 Å². The molecule has 2 amide bonds. The third kappa shape index (κ3) is 8.14. The van der Waals surface area contributed by atoms with Crippen LogP contribution in [0.25, 0.3) is 10.9 Å². The first-order valence-corrected chi connectivity index (χ1v) is 14.6. The standard InChI is InChI=1S/C28H30FN5O7S/c1-5-12-34(15-18-14-20-23(13-16(18)2)30-17(3)31-27(20)37)25-19(8-6-9-21(25)29)26(36)32-22(28(38)39)10-7-11-24(35)33-42(4,40)41/h1,6,8-9,13-14,22H,7,10-12,15H2,2-4H3,(H,32,36)(H,33,35)(H,38,39)(H,30,31,37). The van der Waals surface area contributed by atoms with E-state index in [0.717, 1.165) is 17.9 Å². The summed E-state index contributed by atoms with van der Waals surface area (Å²) >= 11 is 0. The number of rotatable bonds is 12. The van der Waals surface area contributed by atoms with Crippen LogP contribution >= 0.6 is 0 Å². The van der Waals surface area contributed by atoms with Gasteiger partial charge in [-0.1, -0.05) is 12.0 Å². The van der Waals surface area contributed by atoms with Crippen molar-refractivity contribution in [2.45, 2.75) is 45.7 Å². The molecule has 3 rings (SSSR count). The van der Waals surface area contributed by atoms with Crippen molar-refractivity contribution in [2.75, 3.05) is 17.7 Å². The molecule has 2 aromatic carbocycles. The molecule has 1 atom stereocenters. The molecule has 0 aliphatic rings. The molecule has 0 saturated carbocycles. The van der Waals surface area contributed by atoms with Crippen molar-refractivity contribution in [3.05, 3.63) is 69.0 Å². The summed E-state index contributed by atoms with van der Waals surface area (Å²) in [7, 11) is -3.77. The molecule has 3 aromatic rings. The second-order valence-electron chi connectivity index (χ2n) is 9.70. The SMILES string of the molecule is C#CCN(Cc1cc2c(=O)[nH]c(C)nc2cc1C)c1c(F)cccc1C(=O)NC(CCCC(=O)NS(C)(=O)=O)C(=O)O. The fourth-order valence-corrected chi connectivity index (χ4v) is 4.91. The van der Waals surface area contributed by atoms with Crippen molar-refractivity contribution in [3.63, 3.8) is 0 Å². The summed E-state index contributed by atoms with van der Waals surface area (Å²) in [5.74, 6) is -1.00. The Kier molecular flexibility index (Phi) is 10.0. The van der Waals surface area contributed by atoms with E-state index in [-0.39, 0.29) is 49.2 Å². The summed E-state index contributed by atoms with van der Waals surface area (Å²) in [4.78, 5) is 57.8. The number of aromatic amines is 1. The molecule has 222 valence electrons. The van der Waals surface area contributed by atoms with Gasteiger partial charge in [0.25, 0.3) is 11.5 Å². The number of fused-ring (bicyclic) bond motifs is 1. The first-order chi connectivity index (χ1) is 19.7. The number of anilines is 1. The highest BCUT2D eigenvalue weighted by atomic mass is 32.2. The Morgan fingerprint density at radius 2 is 1.95 bits per heavy atom. The topological polar surface area (TPSA) is 179 Å². The number of carbonyl (C=O) groups is 3. The predicted molar refractivity (Wildman–Crippen MR) is 154 cm³/mol. The number of sulfonamides is 1. The summed E-state index contributed by atoms with van der Waals surface area (Å²) in [6.07, 6.45) is 5.84. The molecule has 0 bridgehead atoms. The van der Waals surface area contributed by atoms with Gasteiger partial charge in [-0.15, -0.1) is 6.42 Å². The number of aryl methyl sites for hydroxylation is 2. The van der Waals surface area contributed by atoms with Gasteiger partial charge in [0.1, 0.15) is 17.7 Å². The van der Waals surface area contributed by atoms with Gasteiger partial charge in [0.05, 0.1) is 35.0 Å². The normalized spacial score (nSPS) is 11.9. The molecular weight excluding hydrogens is 569 g/mol. The number of carboxylic acid groups (broad SMARTS) is 1. The van der Waals surface area contributed by atoms with E-state index < -0.39 is 39.7 Å². The number of carbonyl (C=O) groups excluding carboxylic acids is 2. The van der Waals surface area contributed by atoms with Crippen molar-refractivity contribution in [3.8, 4) is 12.3 Å². The molecule has 0 aliphatic carbocycles. The van der Waals surface area contributed by atoms with E-state index in [1.165, 1.54) is 17.0 Å². The number of amides is 2. The van der Waals surface area contributed by atoms with Gasteiger partial charge in [-0.2, -0.15) is 0 Å². The zero-order valence-electron chi connectivity index (χ0n) is 23.2. The maximum Gasteiger partial charge on any atom is 0.326 e. The van der Waals surface area contributed by atoms with Crippen LogP contribution in [0.4, 0.5) is 10.1 Å². The number of hydrogen-bond donors (Lipinski definition) is 4. The van der Waals surface area contributed by atoms with E-state index in [1.54, 1.807) is 30.7 Å². The lowest BCUT2D eigenvalue weighted by Crippen LogP contribution is -2.41. The number of nitrogens with one attached hydrogen (secondary N) is 3. The fraction of sp³-hybridized carbons (Fsp3) is 0.321. The average Bonchev–Trinajstić information content (AvgIpc) is 2.87. The van der Waals surface area contributed by atoms with Gasteiger partial charge in [0.2, 0.25) is 15.9 Å². The molecule has 0 aliphatic heterocycles. The summed E-state index contributed by atoms with van der Waals surface area (Å²) in [6.45, 7) is 3.34. The van der Waals surface area contributed by atoms with Crippen LogP contribution in [0.15, 0.2) is 35.1 Å². The van der Waals surface area contributed by atoms with Crippen LogP contribution in [0.5, 0.6) is 0 Å². The van der Waals surface area contributed by atoms with Gasteiger partial charge in [0.15, 0.2) is 0 Å². The number of benzene rings is 2. The van der Waals surface area contributed by atoms with E-state index in [0.29, 0.717) is 22.3 Å². The van der Waals surface area contributed by atoms with Crippen LogP contribution in [0.1, 0.15) is 46.6 Å². The minimum atomic E-state index is -3.77. The minimum absolute atomic E-state index is 0.0122. The molecule has 0 fully saturated rings. The third-order valence-electron chi connectivity index (χ3n) is 6.27. The molecule has 0 radical (unpaired) electrons. The number of para-hydroxylation sites is 1. The fourth-order valence-electron chi connectivity index (χ4n) is 4.39. The predicted octanol–water partition coefficient (Wildman–Crippen LogP) is 1.75. The van der Waals surface area contributed by atoms with Crippen LogP contribution in [-0.2, 0) is 26.2 Å². The lowest BCUT2D eigenvalue weighted by molar-refractivity contribution is -0.139. The number of hydrogen-bond acceptors (Lipinski definition) is 8. The van der Waals surface area contributed by atoms with E-state index in [4.69, 9.17) is 6.42 Å². The molecule has 0 saturated heterocycles. The molecule has 1 aromatic heterocycles. The smallest absolute Gasteiger partial charge is 0.326 e. The van der Waals surface area contributed by atoms with E-state index in [2.05, 4.69) is 21.2 Å². The van der Waals surface area contributed by atoms with Crippen LogP contribution in [0.3, 0.4) is 0 Å². The van der Waals surface area contributed by atoms with Gasteiger partial charge in [-0.05, 0) is 62.1 Å². The van der Waals surface area contributed by atoms with E-state index in [1.807, 2.05) is 0 Å². The Balaban J connectivity index is 1.89. The minimum Gasteiger partial charge on any atom is -0.480 e. The Morgan fingerprint density at radius 3 is 2.60 bits per heavy atom. The van der Waals surface area contributed by atoms with Gasteiger partial charge in [-0.3, -0.25) is 19.1 Å². The summed E-state index contributed by atoms with van der Waals surface area (Å²) < 4.78 is 39.4. The Labute approximate surface area is 241 Å². The van der Waals surface area contributed by atoms with Gasteiger partial charge in [-0.25, -0.2) is 22.6 Å². The molecule has 42 heavy (non-hydrogen) atoms. The number of aliphatic carboxylic acids is 1. The van der Waals surface area contributed by atoms with Crippen LogP contribution < -0.4 is 20.5 Å². The summed E-state index contributed by atoms with van der Waals surface area (Å²) in [5, 5.41) is 12.3. The molecule has 12 nitrogen and oxygen atoms in total. The largest absolute Gasteiger partial charge is 0.480 e. The lowest BCUT2D eigenvalue weighted by atomic mass is 10.0. The van der Waals surface area contributed by atoms with Gasteiger partial charge >= 0.3 is 5.97 Å². The average molecular weight is 600 g/mol. The van der Waals surface area contributed by atoms with E-state index >= 15 is 4.39 Å². The first-order valence-electron chi connectivity index (χ1n) is 12.7. The Morgan fingerprint density at radius 1 is 1.24 bits per heavy atom. The molecule has 0 spiro atoms. The highest BCUT2D eigenvalue weighted by molar-refractivity contribution is 7.89. The number of terminal acetylenes is 1. The van der Waals surface area contributed by atoms with Crippen molar-refractivity contribution >= 4 is 44.4 Å². The quantitative estimate of drug-likeness (QED) is 0.226. The number of halogens is 1. The number of nitrogens with zero attached hydrogens (tertiary/aromatic N) is 2. The number of H-pyrrole nitrogens is 1. The summed E-state index contributed by atoms with van der Waals surface area (Å²) in [5.41, 5.74) is 1.16. The van der Waals surface area contributed by atoms with E-state index in [9.17, 15) is 32.7 Å². The number of carboxylic acids is 1. The highest BCUT2D eigenvalue weighted by Crippen LogP contribution is 2.28. The van der Waals surface area contributed by atoms with Crippen LogP contribution in [0, 0.1) is 32.0 Å². The second-order valence-corrected chi connectivity index (χ2v) is 11.4. The van der Waals surface area contributed by atoms with Crippen molar-refractivity contribution in [1.82, 2.24) is 20.0 Å². The van der Waals surface area contributed by atoms with Crippen molar-refractivity contribution in [1.29, 1.82) is 0 Å². The Hall–Kier alpha value is -4.77. The molecule has 14 heteroatoms. The second kappa shape index (κ2) is 13.3. The molecule has 1 heterocycles. The molecule has 1 unspecified atom stereocenters. The van der Waals surface area contributed by atoms with Crippen LogP contribution in [0.2, 0.25) is 0 Å². The molecule has 4 N–H and O–H groups in total. The van der Waals surface area contributed by atoms with Gasteiger partial charge in [0, 0.05) is 13.0 Å². The number of aromatic nitrogens is 2. The third-order valence-corrected chi connectivity index (χ3v) is 6.87.